The van der Waals surface area contributed by atoms with Crippen molar-refractivity contribution in [3.63, 3.8) is 0 Å². The van der Waals surface area contributed by atoms with Gasteiger partial charge in [0.15, 0.2) is 0 Å². The number of hydrogen-bond donors (Lipinski definition) is 0. The van der Waals surface area contributed by atoms with Crippen LogP contribution in [0.5, 0.6) is 0 Å². The van der Waals surface area contributed by atoms with Crippen molar-refractivity contribution < 1.29 is 14.4 Å². The van der Waals surface area contributed by atoms with Crippen LogP contribution in [0.1, 0.15) is 90.9 Å². The summed E-state index contributed by atoms with van der Waals surface area (Å²) in [5.41, 5.74) is -1.04. The molecule has 0 N–H and O–H groups in total. The molecule has 0 aromatic carbocycles. The average molecular weight is 348 g/mol. The van der Waals surface area contributed by atoms with E-state index in [0.717, 1.165) is 51.4 Å². The van der Waals surface area contributed by atoms with Crippen molar-refractivity contribution in [2.45, 2.75) is 103 Å². The molecule has 3 aliphatic rings. The number of nitrogens with zero attached hydrogens (tertiary/aromatic N) is 2. The summed E-state index contributed by atoms with van der Waals surface area (Å²) in [6.07, 6.45) is 11.1. The van der Waals surface area contributed by atoms with Gasteiger partial charge in [-0.2, -0.15) is 0 Å². The molecule has 5 heteroatoms. The van der Waals surface area contributed by atoms with E-state index < -0.39 is 5.41 Å². The van der Waals surface area contributed by atoms with Crippen LogP contribution in [0.25, 0.3) is 0 Å². The monoisotopic (exact) mass is 348 g/mol. The first kappa shape index (κ1) is 18.4. The van der Waals surface area contributed by atoms with Gasteiger partial charge < -0.3 is 0 Å². The van der Waals surface area contributed by atoms with Crippen molar-refractivity contribution in [2.75, 3.05) is 0 Å². The van der Waals surface area contributed by atoms with Gasteiger partial charge >= 0.3 is 6.03 Å². The smallest absolute Gasteiger partial charge is 0.273 e. The van der Waals surface area contributed by atoms with Gasteiger partial charge in [0, 0.05) is 12.1 Å². The van der Waals surface area contributed by atoms with Gasteiger partial charge in [0.2, 0.25) is 11.8 Å². The number of urea groups is 1. The number of hydrogen-bond acceptors (Lipinski definition) is 3. The van der Waals surface area contributed by atoms with Crippen LogP contribution in [0, 0.1) is 5.41 Å². The van der Waals surface area contributed by atoms with Crippen LogP contribution >= 0.6 is 0 Å². The van der Waals surface area contributed by atoms with E-state index in [2.05, 4.69) is 0 Å². The van der Waals surface area contributed by atoms with E-state index in [1.807, 2.05) is 13.8 Å². The number of imide groups is 2. The lowest BCUT2D eigenvalue weighted by Crippen LogP contribution is -2.69. The lowest BCUT2D eigenvalue weighted by molar-refractivity contribution is -0.163. The van der Waals surface area contributed by atoms with Gasteiger partial charge in [0.05, 0.1) is 0 Å². The Morgan fingerprint density at radius 2 is 1.08 bits per heavy atom. The predicted molar refractivity (Wildman–Crippen MR) is 95.8 cm³/mol. The third-order valence-corrected chi connectivity index (χ3v) is 6.76. The van der Waals surface area contributed by atoms with E-state index in [4.69, 9.17) is 0 Å². The van der Waals surface area contributed by atoms with Crippen LogP contribution in [0.2, 0.25) is 0 Å². The highest BCUT2D eigenvalue weighted by atomic mass is 16.2. The average Bonchev–Trinajstić information content (AvgIpc) is 2.65. The summed E-state index contributed by atoms with van der Waals surface area (Å²) in [7, 11) is 0. The van der Waals surface area contributed by atoms with E-state index in [1.54, 1.807) is 0 Å². The van der Waals surface area contributed by atoms with E-state index in [-0.39, 0.29) is 29.9 Å². The van der Waals surface area contributed by atoms with Crippen molar-refractivity contribution in [3.05, 3.63) is 0 Å². The molecule has 1 aliphatic heterocycles. The minimum Gasteiger partial charge on any atom is -0.273 e. The zero-order valence-electron chi connectivity index (χ0n) is 15.8. The highest BCUT2D eigenvalue weighted by Gasteiger charge is 2.57. The van der Waals surface area contributed by atoms with Crippen molar-refractivity contribution in [3.8, 4) is 0 Å². The number of carbonyl (C=O) groups is 3. The van der Waals surface area contributed by atoms with Gasteiger partial charge in [-0.3, -0.25) is 19.4 Å². The van der Waals surface area contributed by atoms with Crippen LogP contribution in [0.4, 0.5) is 4.79 Å². The lowest BCUT2D eigenvalue weighted by Gasteiger charge is -2.49. The Morgan fingerprint density at radius 3 is 1.40 bits per heavy atom. The standard InChI is InChI=1S/C20H32N2O3/c1-3-20(4-2)17(23)21(15-11-7-5-8-12-15)19(25)22(18(20)24)16-13-9-6-10-14-16/h15-16H,3-14H2,1-2H3. The van der Waals surface area contributed by atoms with Crippen molar-refractivity contribution in [2.24, 2.45) is 5.41 Å². The van der Waals surface area contributed by atoms with Crippen molar-refractivity contribution >= 4 is 17.8 Å². The van der Waals surface area contributed by atoms with Crippen LogP contribution in [-0.4, -0.2) is 39.7 Å². The minimum atomic E-state index is -1.04. The second-order valence-electron chi connectivity index (χ2n) is 8.01. The summed E-state index contributed by atoms with van der Waals surface area (Å²) in [5.74, 6) is -0.460. The molecule has 3 fully saturated rings. The van der Waals surface area contributed by atoms with E-state index in [1.165, 1.54) is 22.6 Å². The summed E-state index contributed by atoms with van der Waals surface area (Å²) in [6.45, 7) is 3.82. The molecule has 4 amide bonds. The lowest BCUT2D eigenvalue weighted by atomic mass is 9.76. The first-order valence-electron chi connectivity index (χ1n) is 10.3. The molecule has 140 valence electrons. The molecule has 25 heavy (non-hydrogen) atoms. The fraction of sp³-hybridized carbons (Fsp3) is 0.850. The largest absolute Gasteiger partial charge is 0.333 e. The molecule has 0 unspecified atom stereocenters. The summed E-state index contributed by atoms with van der Waals surface area (Å²) >= 11 is 0. The van der Waals surface area contributed by atoms with Crippen LogP contribution in [0.3, 0.4) is 0 Å². The molecule has 0 bridgehead atoms. The third-order valence-electron chi connectivity index (χ3n) is 6.76. The Balaban J connectivity index is 1.98. The summed E-state index contributed by atoms with van der Waals surface area (Å²) in [6, 6.07) is -0.373. The SMILES string of the molecule is CCC1(CC)C(=O)N(C2CCCCC2)C(=O)N(C2CCCCC2)C1=O. The van der Waals surface area contributed by atoms with E-state index in [0.29, 0.717) is 12.8 Å². The van der Waals surface area contributed by atoms with Gasteiger partial charge in [-0.1, -0.05) is 52.4 Å². The highest BCUT2D eigenvalue weighted by Crippen LogP contribution is 2.41. The number of amides is 4. The molecule has 0 radical (unpaired) electrons. The van der Waals surface area contributed by atoms with Gasteiger partial charge in [-0.05, 0) is 38.5 Å². The zero-order valence-corrected chi connectivity index (χ0v) is 15.8. The molecule has 2 saturated carbocycles. The quantitative estimate of drug-likeness (QED) is 0.714. The summed E-state index contributed by atoms with van der Waals surface area (Å²) in [5, 5.41) is 0. The Labute approximate surface area is 151 Å². The van der Waals surface area contributed by atoms with Gasteiger partial charge in [-0.25, -0.2) is 4.79 Å². The Kier molecular flexibility index (Phi) is 5.49. The molecule has 1 saturated heterocycles. The second kappa shape index (κ2) is 7.46. The molecule has 2 aliphatic carbocycles. The summed E-state index contributed by atoms with van der Waals surface area (Å²) in [4.78, 5) is 42.9. The predicted octanol–water partition coefficient (Wildman–Crippen LogP) is 4.25. The fourth-order valence-electron chi connectivity index (χ4n) is 5.02. The van der Waals surface area contributed by atoms with Crippen molar-refractivity contribution in [1.29, 1.82) is 0 Å². The molecule has 3 rings (SSSR count). The normalized spacial score (nSPS) is 26.4. The van der Waals surface area contributed by atoms with Crippen molar-refractivity contribution in [1.82, 2.24) is 9.80 Å². The molecule has 0 aromatic heterocycles. The first-order valence-corrected chi connectivity index (χ1v) is 10.3. The van der Waals surface area contributed by atoms with E-state index >= 15 is 0 Å². The van der Waals surface area contributed by atoms with Gasteiger partial charge in [0.25, 0.3) is 0 Å². The second-order valence-corrected chi connectivity index (χ2v) is 8.01. The Morgan fingerprint density at radius 1 is 0.720 bits per heavy atom. The maximum absolute atomic E-state index is 13.3. The van der Waals surface area contributed by atoms with Gasteiger partial charge in [0.1, 0.15) is 5.41 Å². The molecule has 0 atom stereocenters. The zero-order chi connectivity index (χ0) is 18.0. The van der Waals surface area contributed by atoms with E-state index in [9.17, 15) is 14.4 Å². The molecule has 5 nitrogen and oxygen atoms in total. The molecule has 1 heterocycles. The maximum atomic E-state index is 13.3. The molecule has 0 aromatic rings. The first-order chi connectivity index (χ1) is 12.1. The highest BCUT2D eigenvalue weighted by molar-refractivity contribution is 6.19. The maximum Gasteiger partial charge on any atom is 0.333 e. The molecular weight excluding hydrogens is 316 g/mol. The summed E-state index contributed by atoms with van der Waals surface area (Å²) < 4.78 is 0. The Hall–Kier alpha value is -1.39. The van der Waals surface area contributed by atoms with Gasteiger partial charge in [-0.15, -0.1) is 0 Å². The Bertz CT molecular complexity index is 487. The molecule has 0 spiro atoms. The fourth-order valence-corrected chi connectivity index (χ4v) is 5.02. The third kappa shape index (κ3) is 3.00. The molecular formula is C20H32N2O3. The van der Waals surface area contributed by atoms with Crippen LogP contribution in [0.15, 0.2) is 0 Å². The number of rotatable bonds is 4. The van der Waals surface area contributed by atoms with Crippen LogP contribution in [-0.2, 0) is 9.59 Å². The topological polar surface area (TPSA) is 57.7 Å². The van der Waals surface area contributed by atoms with Crippen LogP contribution < -0.4 is 0 Å². The number of carbonyl (C=O) groups excluding carboxylic acids is 3. The minimum absolute atomic E-state index is 0.0228. The number of barbiturate groups is 1.